The fourth-order valence-corrected chi connectivity index (χ4v) is 1.22. The van der Waals surface area contributed by atoms with Crippen LogP contribution in [-0.4, -0.2) is 22.3 Å². The van der Waals surface area contributed by atoms with Crippen molar-refractivity contribution in [1.29, 1.82) is 0 Å². The van der Waals surface area contributed by atoms with E-state index in [-0.39, 0.29) is 11.6 Å². The molecule has 12 heavy (non-hydrogen) atoms. The second-order valence-electron chi connectivity index (χ2n) is 3.43. The Hall–Kier alpha value is -0.960. The number of allylic oxidation sites excluding steroid dienone is 1. The molecule has 0 saturated heterocycles. The Bertz CT molecular complexity index is 273. The Morgan fingerprint density at radius 1 is 1.50 bits per heavy atom. The molecule has 0 amide bonds. The summed E-state index contributed by atoms with van der Waals surface area (Å²) in [6.07, 6.45) is 1.21. The number of ketones is 2. The Morgan fingerprint density at radius 3 is 2.50 bits per heavy atom. The summed E-state index contributed by atoms with van der Waals surface area (Å²) < 4.78 is 0. The summed E-state index contributed by atoms with van der Waals surface area (Å²) in [7, 11) is 0. The lowest BCUT2D eigenvalue weighted by molar-refractivity contribution is -0.144. The van der Waals surface area contributed by atoms with E-state index >= 15 is 0 Å². The molecule has 66 valence electrons. The second kappa shape index (κ2) is 2.52. The van der Waals surface area contributed by atoms with E-state index in [4.69, 9.17) is 0 Å². The molecule has 1 N–H and O–H groups in total. The van der Waals surface area contributed by atoms with Gasteiger partial charge in [0.1, 0.15) is 5.60 Å². The first-order valence-electron chi connectivity index (χ1n) is 3.86. The summed E-state index contributed by atoms with van der Waals surface area (Å²) in [6, 6.07) is 0. The summed E-state index contributed by atoms with van der Waals surface area (Å²) in [5, 5.41) is 9.58. The lowest BCUT2D eigenvalue weighted by Gasteiger charge is -2.30. The molecule has 0 radical (unpaired) electrons. The fourth-order valence-electron chi connectivity index (χ4n) is 1.22. The van der Waals surface area contributed by atoms with Crippen LogP contribution in [0.5, 0.6) is 0 Å². The number of hydrogen-bond donors (Lipinski definition) is 1. The van der Waals surface area contributed by atoms with Crippen molar-refractivity contribution in [3.63, 3.8) is 0 Å². The number of carbonyl (C=O) groups is 2. The summed E-state index contributed by atoms with van der Waals surface area (Å²) in [5.74, 6) is -1.17. The zero-order valence-corrected chi connectivity index (χ0v) is 7.42. The van der Waals surface area contributed by atoms with Gasteiger partial charge in [-0.25, -0.2) is 0 Å². The first kappa shape index (κ1) is 9.13. The molecule has 0 spiro atoms. The van der Waals surface area contributed by atoms with Crippen LogP contribution < -0.4 is 0 Å². The summed E-state index contributed by atoms with van der Waals surface area (Å²) in [5.41, 5.74) is -1.09. The number of rotatable bonds is 0. The highest BCUT2D eigenvalue weighted by molar-refractivity contribution is 6.13. The first-order chi connectivity index (χ1) is 5.37. The maximum Gasteiger partial charge on any atom is 0.188 e. The van der Waals surface area contributed by atoms with E-state index in [1.807, 2.05) is 0 Å². The van der Waals surface area contributed by atoms with Crippen LogP contribution >= 0.6 is 0 Å². The van der Waals surface area contributed by atoms with E-state index in [1.165, 1.54) is 13.0 Å². The molecule has 0 bridgehead atoms. The van der Waals surface area contributed by atoms with Gasteiger partial charge in [0.15, 0.2) is 11.6 Å². The van der Waals surface area contributed by atoms with Crippen LogP contribution in [0.25, 0.3) is 0 Å². The van der Waals surface area contributed by atoms with E-state index in [9.17, 15) is 14.7 Å². The van der Waals surface area contributed by atoms with Crippen LogP contribution in [0.3, 0.4) is 0 Å². The van der Waals surface area contributed by atoms with Gasteiger partial charge in [-0.2, -0.15) is 0 Å². The van der Waals surface area contributed by atoms with Crippen molar-refractivity contribution in [3.05, 3.63) is 11.6 Å². The Labute approximate surface area is 71.1 Å². The third-order valence-corrected chi connectivity index (χ3v) is 2.47. The monoisotopic (exact) mass is 168 g/mol. The SMILES string of the molecule is CC1=CC(=O)[C@](C)(O)[C@H](C)C1=O. The summed E-state index contributed by atoms with van der Waals surface area (Å²) >= 11 is 0. The van der Waals surface area contributed by atoms with Crippen LogP contribution in [0.2, 0.25) is 0 Å². The number of aliphatic hydroxyl groups is 1. The standard InChI is InChI=1S/C9H12O3/c1-5-4-7(10)9(3,12)6(2)8(5)11/h4,6,12H,1-3H3/t6-,9-/m1/s1. The van der Waals surface area contributed by atoms with Gasteiger partial charge in [0.2, 0.25) is 0 Å². The van der Waals surface area contributed by atoms with E-state index in [0.29, 0.717) is 5.57 Å². The molecule has 1 aliphatic carbocycles. The van der Waals surface area contributed by atoms with Crippen LogP contribution in [0.15, 0.2) is 11.6 Å². The molecule has 0 saturated carbocycles. The van der Waals surface area contributed by atoms with Gasteiger partial charge in [0, 0.05) is 0 Å². The third-order valence-electron chi connectivity index (χ3n) is 2.47. The quantitative estimate of drug-likeness (QED) is 0.572. The highest BCUT2D eigenvalue weighted by Gasteiger charge is 2.42. The number of hydrogen-bond acceptors (Lipinski definition) is 3. The third kappa shape index (κ3) is 1.10. The zero-order chi connectivity index (χ0) is 9.52. The minimum absolute atomic E-state index is 0.153. The van der Waals surface area contributed by atoms with Crippen LogP contribution in [-0.2, 0) is 9.59 Å². The number of carbonyl (C=O) groups excluding carboxylic acids is 2. The van der Waals surface area contributed by atoms with Gasteiger partial charge in [-0.1, -0.05) is 6.92 Å². The molecule has 0 aromatic rings. The smallest absolute Gasteiger partial charge is 0.188 e. The maximum atomic E-state index is 11.3. The summed E-state index contributed by atoms with van der Waals surface area (Å²) in [6.45, 7) is 4.53. The average molecular weight is 168 g/mol. The Morgan fingerprint density at radius 2 is 2.00 bits per heavy atom. The van der Waals surface area contributed by atoms with Gasteiger partial charge in [-0.3, -0.25) is 9.59 Å². The van der Waals surface area contributed by atoms with Gasteiger partial charge in [-0.05, 0) is 25.5 Å². The van der Waals surface area contributed by atoms with Crippen molar-refractivity contribution in [2.45, 2.75) is 26.4 Å². The van der Waals surface area contributed by atoms with Crippen molar-refractivity contribution in [2.75, 3.05) is 0 Å². The van der Waals surface area contributed by atoms with Crippen LogP contribution in [0, 0.1) is 5.92 Å². The van der Waals surface area contributed by atoms with E-state index in [0.717, 1.165) is 0 Å². The predicted octanol–water partition coefficient (Wildman–Crippen LogP) is 0.472. The molecule has 0 aliphatic heterocycles. The van der Waals surface area contributed by atoms with E-state index < -0.39 is 11.5 Å². The highest BCUT2D eigenvalue weighted by atomic mass is 16.3. The van der Waals surface area contributed by atoms with Crippen molar-refractivity contribution < 1.29 is 14.7 Å². The molecule has 0 aromatic carbocycles. The number of Topliss-reactive ketones (excluding diaryl/α,β-unsaturated/α-hetero) is 1. The highest BCUT2D eigenvalue weighted by Crippen LogP contribution is 2.27. The van der Waals surface area contributed by atoms with Gasteiger partial charge in [0.25, 0.3) is 0 Å². The van der Waals surface area contributed by atoms with Gasteiger partial charge < -0.3 is 5.11 Å². The normalized spacial score (nSPS) is 36.7. The molecule has 3 nitrogen and oxygen atoms in total. The largest absolute Gasteiger partial charge is 0.381 e. The molecular formula is C9H12O3. The van der Waals surface area contributed by atoms with Crippen molar-refractivity contribution in [1.82, 2.24) is 0 Å². The van der Waals surface area contributed by atoms with Crippen LogP contribution in [0.4, 0.5) is 0 Å². The molecular weight excluding hydrogens is 156 g/mol. The molecule has 0 heterocycles. The fraction of sp³-hybridized carbons (Fsp3) is 0.556. The molecule has 0 unspecified atom stereocenters. The zero-order valence-electron chi connectivity index (χ0n) is 7.42. The second-order valence-corrected chi connectivity index (χ2v) is 3.43. The van der Waals surface area contributed by atoms with E-state index in [1.54, 1.807) is 13.8 Å². The topological polar surface area (TPSA) is 54.4 Å². The van der Waals surface area contributed by atoms with Crippen molar-refractivity contribution in [3.8, 4) is 0 Å². The predicted molar refractivity (Wildman–Crippen MR) is 43.6 cm³/mol. The van der Waals surface area contributed by atoms with E-state index in [2.05, 4.69) is 0 Å². The van der Waals surface area contributed by atoms with Crippen LogP contribution in [0.1, 0.15) is 20.8 Å². The minimum atomic E-state index is -1.52. The first-order valence-corrected chi connectivity index (χ1v) is 3.86. The molecule has 1 rings (SSSR count). The minimum Gasteiger partial charge on any atom is -0.381 e. The van der Waals surface area contributed by atoms with Crippen molar-refractivity contribution >= 4 is 11.6 Å². The van der Waals surface area contributed by atoms with Crippen molar-refractivity contribution in [2.24, 2.45) is 5.92 Å². The van der Waals surface area contributed by atoms with Gasteiger partial charge in [0.05, 0.1) is 5.92 Å². The lowest BCUT2D eigenvalue weighted by atomic mass is 9.77. The Balaban J connectivity index is 3.17. The molecule has 1 aliphatic rings. The molecule has 0 fully saturated rings. The maximum absolute atomic E-state index is 11.3. The van der Waals surface area contributed by atoms with Gasteiger partial charge >= 0.3 is 0 Å². The Kier molecular flexibility index (Phi) is 1.92. The molecule has 2 atom stereocenters. The summed E-state index contributed by atoms with van der Waals surface area (Å²) in [4.78, 5) is 22.5. The molecule has 0 aromatic heterocycles. The lowest BCUT2D eigenvalue weighted by Crippen LogP contribution is -2.47. The molecule has 3 heteroatoms. The average Bonchev–Trinajstić information content (AvgIpc) is 1.99. The van der Waals surface area contributed by atoms with Gasteiger partial charge in [-0.15, -0.1) is 0 Å².